The van der Waals surface area contributed by atoms with Crippen molar-refractivity contribution in [1.29, 1.82) is 0 Å². The van der Waals surface area contributed by atoms with Gasteiger partial charge in [0, 0.05) is 18.4 Å². The molecule has 1 aromatic heterocycles. The van der Waals surface area contributed by atoms with Crippen molar-refractivity contribution in [2.75, 3.05) is 30.4 Å². The van der Waals surface area contributed by atoms with Crippen LogP contribution < -0.4 is 10.6 Å². The van der Waals surface area contributed by atoms with Gasteiger partial charge in [-0.15, -0.1) is 0 Å². The van der Waals surface area contributed by atoms with E-state index in [0.717, 1.165) is 43.8 Å². The summed E-state index contributed by atoms with van der Waals surface area (Å²) in [6, 6.07) is 10.2. The van der Waals surface area contributed by atoms with Gasteiger partial charge in [-0.05, 0) is 61.6 Å². The van der Waals surface area contributed by atoms with E-state index in [0.29, 0.717) is 11.7 Å². The number of amides is 1. The van der Waals surface area contributed by atoms with E-state index < -0.39 is 0 Å². The summed E-state index contributed by atoms with van der Waals surface area (Å²) in [5.74, 6) is 0.952. The molecule has 1 atom stereocenters. The third kappa shape index (κ3) is 4.39. The number of benzene rings is 1. The van der Waals surface area contributed by atoms with Crippen LogP contribution in [0.1, 0.15) is 34.9 Å². The Hall–Kier alpha value is -1.79. The van der Waals surface area contributed by atoms with Crippen LogP contribution in [-0.2, 0) is 6.42 Å². The summed E-state index contributed by atoms with van der Waals surface area (Å²) >= 11 is 1.84. The third-order valence-corrected chi connectivity index (χ3v) is 4.91. The van der Waals surface area contributed by atoms with E-state index in [1.54, 1.807) is 6.07 Å². The fourth-order valence-electron chi connectivity index (χ4n) is 2.89. The summed E-state index contributed by atoms with van der Waals surface area (Å²) < 4.78 is 1.91. The maximum Gasteiger partial charge on any atom is 0.276 e. The second-order valence-electron chi connectivity index (χ2n) is 6.08. The highest BCUT2D eigenvalue weighted by Gasteiger charge is 2.17. The van der Waals surface area contributed by atoms with E-state index >= 15 is 0 Å². The van der Waals surface area contributed by atoms with E-state index in [1.165, 1.54) is 5.56 Å². The molecule has 2 aromatic rings. The molecule has 0 radical (unpaired) electrons. The number of aromatic nitrogens is 2. The van der Waals surface area contributed by atoms with E-state index in [2.05, 4.69) is 34.1 Å². The van der Waals surface area contributed by atoms with Gasteiger partial charge < -0.3 is 10.6 Å². The van der Waals surface area contributed by atoms with Gasteiger partial charge >= 0.3 is 0 Å². The predicted octanol–water partition coefficient (Wildman–Crippen LogP) is 2.97. The summed E-state index contributed by atoms with van der Waals surface area (Å²) in [7, 11) is 0. The molecule has 1 aliphatic heterocycles. The second kappa shape index (κ2) is 8.35. The molecule has 0 saturated carbocycles. The first kappa shape index (κ1) is 17.0. The molecule has 2 N–H and O–H groups in total. The largest absolute Gasteiger partial charge is 0.321 e. The predicted molar refractivity (Wildman–Crippen MR) is 99.8 cm³/mol. The molecule has 1 fully saturated rings. The summed E-state index contributed by atoms with van der Waals surface area (Å²) in [5, 5.41) is 10.7. The Morgan fingerprint density at radius 2 is 2.21 bits per heavy atom. The van der Waals surface area contributed by atoms with Crippen molar-refractivity contribution < 1.29 is 4.79 Å². The molecule has 128 valence electrons. The monoisotopic (exact) mass is 344 g/mol. The Kier molecular flexibility index (Phi) is 5.93. The first-order chi connectivity index (χ1) is 11.8. The van der Waals surface area contributed by atoms with Crippen LogP contribution in [0.25, 0.3) is 0 Å². The average Bonchev–Trinajstić information content (AvgIpc) is 3.12. The fraction of sp³-hybridized carbons (Fsp3) is 0.444. The van der Waals surface area contributed by atoms with Gasteiger partial charge in [0.1, 0.15) is 0 Å². The lowest BCUT2D eigenvalue weighted by molar-refractivity contribution is 0.102. The minimum atomic E-state index is -0.158. The second-order valence-corrected chi connectivity index (χ2v) is 7.06. The molecule has 1 aromatic carbocycles. The van der Waals surface area contributed by atoms with Crippen molar-refractivity contribution in [3.63, 3.8) is 0 Å². The van der Waals surface area contributed by atoms with Gasteiger partial charge in [0.2, 0.25) is 0 Å². The molecule has 2 heterocycles. The number of hydrogen-bond acceptors (Lipinski definition) is 4. The lowest BCUT2D eigenvalue weighted by Gasteiger charge is -2.22. The Morgan fingerprint density at radius 1 is 1.38 bits per heavy atom. The van der Waals surface area contributed by atoms with E-state index in [-0.39, 0.29) is 5.91 Å². The topological polar surface area (TPSA) is 59.0 Å². The molecular weight excluding hydrogens is 320 g/mol. The van der Waals surface area contributed by atoms with Crippen molar-refractivity contribution >= 4 is 23.4 Å². The fourth-order valence-corrected chi connectivity index (χ4v) is 3.33. The number of aryl methyl sites for hydroxylation is 1. The SMILES string of the molecule is CSCCc1ccc(NC(=O)c2ccn(C3CCCNC3)n2)cc1. The van der Waals surface area contributed by atoms with Crippen LogP contribution in [0.5, 0.6) is 0 Å². The molecule has 1 unspecified atom stereocenters. The lowest BCUT2D eigenvalue weighted by Crippen LogP contribution is -2.32. The third-order valence-electron chi connectivity index (χ3n) is 4.29. The summed E-state index contributed by atoms with van der Waals surface area (Å²) in [6.07, 6.45) is 7.31. The molecule has 1 amide bonds. The Balaban J connectivity index is 1.59. The van der Waals surface area contributed by atoms with Gasteiger partial charge in [-0.25, -0.2) is 0 Å². The highest BCUT2D eigenvalue weighted by Crippen LogP contribution is 2.17. The van der Waals surface area contributed by atoms with Crippen molar-refractivity contribution in [1.82, 2.24) is 15.1 Å². The van der Waals surface area contributed by atoms with Crippen LogP contribution in [0.15, 0.2) is 36.5 Å². The normalized spacial score (nSPS) is 17.6. The summed E-state index contributed by atoms with van der Waals surface area (Å²) in [5.41, 5.74) is 2.56. The number of carbonyl (C=O) groups excluding carboxylic acids is 1. The number of carbonyl (C=O) groups is 1. The number of hydrogen-bond donors (Lipinski definition) is 2. The van der Waals surface area contributed by atoms with Crippen LogP contribution in [-0.4, -0.2) is 40.8 Å². The standard InChI is InChI=1S/C18H24N4OS/c1-24-12-9-14-4-6-15(7-5-14)20-18(23)17-8-11-22(21-17)16-3-2-10-19-13-16/h4-8,11,16,19H,2-3,9-10,12-13H2,1H3,(H,20,23). The zero-order valence-corrected chi connectivity index (χ0v) is 14.8. The molecule has 24 heavy (non-hydrogen) atoms. The Labute approximate surface area is 147 Å². The number of nitrogens with one attached hydrogen (secondary N) is 2. The van der Waals surface area contributed by atoms with Crippen molar-refractivity contribution in [2.45, 2.75) is 25.3 Å². The summed E-state index contributed by atoms with van der Waals surface area (Å²) in [6.45, 7) is 1.98. The molecule has 6 heteroatoms. The first-order valence-corrected chi connectivity index (χ1v) is 9.81. The highest BCUT2D eigenvalue weighted by atomic mass is 32.2. The minimum absolute atomic E-state index is 0.158. The van der Waals surface area contributed by atoms with Crippen LogP contribution in [0.2, 0.25) is 0 Å². The van der Waals surface area contributed by atoms with Gasteiger partial charge in [0.15, 0.2) is 5.69 Å². The maximum atomic E-state index is 12.4. The van der Waals surface area contributed by atoms with Crippen LogP contribution in [0.4, 0.5) is 5.69 Å². The molecule has 3 rings (SSSR count). The zero-order valence-electron chi connectivity index (χ0n) is 14.0. The zero-order chi connectivity index (χ0) is 16.8. The van der Waals surface area contributed by atoms with Crippen molar-refractivity contribution in [3.05, 3.63) is 47.8 Å². The van der Waals surface area contributed by atoms with Gasteiger partial charge in [-0.3, -0.25) is 9.48 Å². The number of piperidine rings is 1. The molecule has 0 bridgehead atoms. The molecule has 0 spiro atoms. The average molecular weight is 344 g/mol. The van der Waals surface area contributed by atoms with Gasteiger partial charge in [0.05, 0.1) is 6.04 Å². The number of thioether (sulfide) groups is 1. The molecule has 1 saturated heterocycles. The Morgan fingerprint density at radius 3 is 2.92 bits per heavy atom. The smallest absolute Gasteiger partial charge is 0.276 e. The van der Waals surface area contributed by atoms with E-state index in [4.69, 9.17) is 0 Å². The van der Waals surface area contributed by atoms with E-state index in [1.807, 2.05) is 34.8 Å². The molecule has 0 aliphatic carbocycles. The number of anilines is 1. The molecular formula is C18H24N4OS. The van der Waals surface area contributed by atoms with Crippen LogP contribution >= 0.6 is 11.8 Å². The summed E-state index contributed by atoms with van der Waals surface area (Å²) in [4.78, 5) is 12.4. The van der Waals surface area contributed by atoms with E-state index in [9.17, 15) is 4.79 Å². The van der Waals surface area contributed by atoms with Gasteiger partial charge in [0.25, 0.3) is 5.91 Å². The van der Waals surface area contributed by atoms with Crippen LogP contribution in [0.3, 0.4) is 0 Å². The highest BCUT2D eigenvalue weighted by molar-refractivity contribution is 7.98. The quantitative estimate of drug-likeness (QED) is 0.846. The number of nitrogens with zero attached hydrogens (tertiary/aromatic N) is 2. The first-order valence-electron chi connectivity index (χ1n) is 8.41. The Bertz CT molecular complexity index is 662. The van der Waals surface area contributed by atoms with Crippen LogP contribution in [0, 0.1) is 0 Å². The minimum Gasteiger partial charge on any atom is -0.321 e. The maximum absolute atomic E-state index is 12.4. The number of rotatable bonds is 6. The molecule has 5 nitrogen and oxygen atoms in total. The molecule has 1 aliphatic rings. The van der Waals surface area contributed by atoms with Gasteiger partial charge in [-0.1, -0.05) is 12.1 Å². The van der Waals surface area contributed by atoms with Gasteiger partial charge in [-0.2, -0.15) is 16.9 Å². The van der Waals surface area contributed by atoms with Crippen molar-refractivity contribution in [2.24, 2.45) is 0 Å². The van der Waals surface area contributed by atoms with Crippen molar-refractivity contribution in [3.8, 4) is 0 Å². The lowest BCUT2D eigenvalue weighted by atomic mass is 10.1.